The van der Waals surface area contributed by atoms with E-state index in [9.17, 15) is 14.4 Å². The predicted octanol–water partition coefficient (Wildman–Crippen LogP) is 3.03. The summed E-state index contributed by atoms with van der Waals surface area (Å²) < 4.78 is 10.4. The van der Waals surface area contributed by atoms with Gasteiger partial charge in [0.1, 0.15) is 5.75 Å². The highest BCUT2D eigenvalue weighted by molar-refractivity contribution is 6.20. The molecular weight excluding hydrogens is 374 g/mol. The fourth-order valence-electron chi connectivity index (χ4n) is 3.05. The highest BCUT2D eigenvalue weighted by atomic mass is 16.7. The SMILES string of the molecule is COC(=O)[C@@H](C)Cc1ccc(OCCCON2C(=O)c3ccccc3C2=O)cc1. The van der Waals surface area contributed by atoms with Crippen molar-refractivity contribution in [2.75, 3.05) is 20.3 Å². The van der Waals surface area contributed by atoms with Gasteiger partial charge in [-0.15, -0.1) is 5.06 Å². The summed E-state index contributed by atoms with van der Waals surface area (Å²) in [6, 6.07) is 14.1. The number of hydroxylamine groups is 2. The number of carbonyl (C=O) groups is 3. The van der Waals surface area contributed by atoms with Gasteiger partial charge in [-0.05, 0) is 36.2 Å². The van der Waals surface area contributed by atoms with Gasteiger partial charge in [0.2, 0.25) is 0 Å². The summed E-state index contributed by atoms with van der Waals surface area (Å²) in [5.74, 6) is -0.624. The van der Waals surface area contributed by atoms with Crippen molar-refractivity contribution >= 4 is 17.8 Å². The molecule has 152 valence electrons. The molecule has 0 unspecified atom stereocenters. The maximum atomic E-state index is 12.2. The van der Waals surface area contributed by atoms with E-state index in [0.29, 0.717) is 36.3 Å². The fraction of sp³-hybridized carbons (Fsp3) is 0.318. The molecule has 1 aliphatic heterocycles. The van der Waals surface area contributed by atoms with E-state index >= 15 is 0 Å². The molecule has 1 atom stereocenters. The topological polar surface area (TPSA) is 82.1 Å². The average Bonchev–Trinajstić information content (AvgIpc) is 2.99. The molecule has 0 aromatic heterocycles. The third kappa shape index (κ3) is 4.81. The van der Waals surface area contributed by atoms with Crippen LogP contribution < -0.4 is 4.74 Å². The Morgan fingerprint density at radius 3 is 2.17 bits per heavy atom. The number of fused-ring (bicyclic) bond motifs is 1. The van der Waals surface area contributed by atoms with Crippen LogP contribution in [0.3, 0.4) is 0 Å². The number of ether oxygens (including phenoxy) is 2. The Morgan fingerprint density at radius 2 is 1.59 bits per heavy atom. The van der Waals surface area contributed by atoms with E-state index in [4.69, 9.17) is 14.3 Å². The minimum atomic E-state index is -0.441. The molecule has 2 aromatic rings. The average molecular weight is 397 g/mol. The zero-order valence-corrected chi connectivity index (χ0v) is 16.4. The first-order valence-corrected chi connectivity index (χ1v) is 9.41. The van der Waals surface area contributed by atoms with Crippen LogP contribution in [-0.2, 0) is 20.8 Å². The minimum Gasteiger partial charge on any atom is -0.494 e. The summed E-state index contributed by atoms with van der Waals surface area (Å²) in [5.41, 5.74) is 1.73. The molecule has 0 saturated carbocycles. The Kier molecular flexibility index (Phi) is 6.61. The van der Waals surface area contributed by atoms with E-state index in [0.717, 1.165) is 10.6 Å². The van der Waals surface area contributed by atoms with Crippen LogP contribution in [0.5, 0.6) is 5.75 Å². The Morgan fingerprint density at radius 1 is 0.966 bits per heavy atom. The molecule has 7 nitrogen and oxygen atoms in total. The van der Waals surface area contributed by atoms with Gasteiger partial charge in [-0.1, -0.05) is 31.2 Å². The Hall–Kier alpha value is -3.19. The number of esters is 1. The molecule has 0 fully saturated rings. The number of benzene rings is 2. The lowest BCUT2D eigenvalue weighted by Crippen LogP contribution is -2.30. The largest absolute Gasteiger partial charge is 0.494 e. The summed E-state index contributed by atoms with van der Waals surface area (Å²) >= 11 is 0. The molecule has 0 N–H and O–H groups in total. The highest BCUT2D eigenvalue weighted by Gasteiger charge is 2.36. The number of hydrogen-bond donors (Lipinski definition) is 0. The summed E-state index contributed by atoms with van der Waals surface area (Å²) in [7, 11) is 1.38. The van der Waals surface area contributed by atoms with Gasteiger partial charge in [0.15, 0.2) is 0 Å². The molecule has 7 heteroatoms. The van der Waals surface area contributed by atoms with E-state index in [1.165, 1.54) is 7.11 Å². The first-order valence-electron chi connectivity index (χ1n) is 9.41. The molecule has 3 rings (SSSR count). The molecular formula is C22H23NO6. The number of hydrogen-bond acceptors (Lipinski definition) is 6. The monoisotopic (exact) mass is 397 g/mol. The Labute approximate surface area is 169 Å². The molecule has 0 spiro atoms. The minimum absolute atomic E-state index is 0.181. The molecule has 0 aliphatic carbocycles. The standard InChI is InChI=1S/C22H23NO6/c1-15(22(26)27-2)14-16-8-10-17(11-9-16)28-12-5-13-29-23-20(24)18-6-3-4-7-19(18)21(23)25/h3-4,6-11,15H,5,12-14H2,1-2H3/t15-/m0/s1. The lowest BCUT2D eigenvalue weighted by molar-refractivity contribution is -0.144. The van der Waals surface area contributed by atoms with E-state index in [-0.39, 0.29) is 18.5 Å². The van der Waals surface area contributed by atoms with Crippen molar-refractivity contribution < 1.29 is 28.7 Å². The smallest absolute Gasteiger partial charge is 0.308 e. The maximum absolute atomic E-state index is 12.2. The number of carbonyl (C=O) groups excluding carboxylic acids is 3. The third-order valence-electron chi connectivity index (χ3n) is 4.60. The number of imide groups is 1. The van der Waals surface area contributed by atoms with Crippen molar-refractivity contribution in [1.82, 2.24) is 5.06 Å². The van der Waals surface area contributed by atoms with Gasteiger partial charge in [0, 0.05) is 6.42 Å². The van der Waals surface area contributed by atoms with Crippen LogP contribution in [0.4, 0.5) is 0 Å². The van der Waals surface area contributed by atoms with Crippen LogP contribution in [0.1, 0.15) is 39.6 Å². The van der Waals surface area contributed by atoms with Gasteiger partial charge in [-0.2, -0.15) is 0 Å². The second-order valence-corrected chi connectivity index (χ2v) is 6.76. The number of rotatable bonds is 9. The van der Waals surface area contributed by atoms with E-state index in [1.54, 1.807) is 24.3 Å². The number of nitrogens with zero attached hydrogens (tertiary/aromatic N) is 1. The van der Waals surface area contributed by atoms with Crippen LogP contribution in [-0.4, -0.2) is 43.2 Å². The molecule has 1 heterocycles. The predicted molar refractivity (Wildman–Crippen MR) is 104 cm³/mol. The Balaban J connectivity index is 1.40. The number of amides is 2. The normalized spacial score (nSPS) is 13.9. The van der Waals surface area contributed by atoms with Gasteiger partial charge in [-0.3, -0.25) is 19.2 Å². The van der Waals surface area contributed by atoms with Crippen LogP contribution >= 0.6 is 0 Å². The summed E-state index contributed by atoms with van der Waals surface area (Å²) in [6.07, 6.45) is 1.11. The second kappa shape index (κ2) is 9.34. The van der Waals surface area contributed by atoms with Crippen LogP contribution in [0.25, 0.3) is 0 Å². The lowest BCUT2D eigenvalue weighted by atomic mass is 10.0. The van der Waals surface area contributed by atoms with Crippen LogP contribution in [0, 0.1) is 5.92 Å². The van der Waals surface area contributed by atoms with Gasteiger partial charge < -0.3 is 9.47 Å². The fourth-order valence-corrected chi connectivity index (χ4v) is 3.05. The molecule has 1 aliphatic rings. The molecule has 0 radical (unpaired) electrons. The van der Waals surface area contributed by atoms with Crippen molar-refractivity contribution in [2.24, 2.45) is 5.92 Å². The van der Waals surface area contributed by atoms with Gasteiger partial charge in [0.05, 0.1) is 37.4 Å². The van der Waals surface area contributed by atoms with Gasteiger partial charge >= 0.3 is 5.97 Å². The van der Waals surface area contributed by atoms with Crippen LogP contribution in [0.15, 0.2) is 48.5 Å². The van der Waals surface area contributed by atoms with E-state index in [2.05, 4.69) is 0 Å². The van der Waals surface area contributed by atoms with Crippen molar-refractivity contribution in [1.29, 1.82) is 0 Å². The molecule has 29 heavy (non-hydrogen) atoms. The lowest BCUT2D eigenvalue weighted by Gasteiger charge is -2.13. The van der Waals surface area contributed by atoms with E-state index < -0.39 is 11.8 Å². The molecule has 2 aromatic carbocycles. The molecule has 2 amide bonds. The highest BCUT2D eigenvalue weighted by Crippen LogP contribution is 2.22. The van der Waals surface area contributed by atoms with Gasteiger partial charge in [0.25, 0.3) is 11.8 Å². The van der Waals surface area contributed by atoms with Crippen molar-refractivity contribution in [3.05, 3.63) is 65.2 Å². The zero-order valence-electron chi connectivity index (χ0n) is 16.4. The summed E-state index contributed by atoms with van der Waals surface area (Å²) in [4.78, 5) is 41.2. The summed E-state index contributed by atoms with van der Waals surface area (Å²) in [5, 5.41) is 0.807. The number of methoxy groups -OCH3 is 1. The quantitative estimate of drug-likeness (QED) is 0.367. The van der Waals surface area contributed by atoms with E-state index in [1.807, 2.05) is 31.2 Å². The summed E-state index contributed by atoms with van der Waals surface area (Å²) in [6.45, 7) is 2.38. The zero-order chi connectivity index (χ0) is 20.8. The Bertz CT molecular complexity index is 857. The van der Waals surface area contributed by atoms with Crippen molar-refractivity contribution in [3.63, 3.8) is 0 Å². The van der Waals surface area contributed by atoms with Gasteiger partial charge in [-0.25, -0.2) is 0 Å². The van der Waals surface area contributed by atoms with Crippen molar-refractivity contribution in [3.8, 4) is 5.75 Å². The maximum Gasteiger partial charge on any atom is 0.308 e. The van der Waals surface area contributed by atoms with Crippen molar-refractivity contribution in [2.45, 2.75) is 19.8 Å². The first kappa shape index (κ1) is 20.5. The molecule has 0 bridgehead atoms. The van der Waals surface area contributed by atoms with Crippen LogP contribution in [0.2, 0.25) is 0 Å². The first-order chi connectivity index (χ1) is 14.0. The second-order valence-electron chi connectivity index (χ2n) is 6.76. The third-order valence-corrected chi connectivity index (χ3v) is 4.60. The molecule has 0 saturated heterocycles.